The highest BCUT2D eigenvalue weighted by atomic mass is 15.1. The van der Waals surface area contributed by atoms with Gasteiger partial charge in [0.05, 0.1) is 5.52 Å². The third-order valence-electron chi connectivity index (χ3n) is 2.90. The predicted octanol–water partition coefficient (Wildman–Crippen LogP) is 1.89. The van der Waals surface area contributed by atoms with E-state index < -0.39 is 0 Å². The summed E-state index contributed by atoms with van der Waals surface area (Å²) in [5, 5.41) is 4.38. The summed E-state index contributed by atoms with van der Waals surface area (Å²) >= 11 is 0. The van der Waals surface area contributed by atoms with Crippen LogP contribution in [-0.4, -0.2) is 37.1 Å². The Morgan fingerprint density at radius 2 is 2.06 bits per heavy atom. The Labute approximate surface area is 102 Å². The van der Waals surface area contributed by atoms with Gasteiger partial charge in [-0.3, -0.25) is 4.98 Å². The maximum Gasteiger partial charge on any atom is 0.0746 e. The molecule has 2 rings (SSSR count). The summed E-state index contributed by atoms with van der Waals surface area (Å²) in [6.45, 7) is 2.99. The number of likely N-dealkylation sites (N-methyl/N-ethyl adjacent to an activating group) is 2. The molecular weight excluding hydrogens is 210 g/mol. The average Bonchev–Trinajstić information content (AvgIpc) is 2.37. The lowest BCUT2D eigenvalue weighted by Gasteiger charge is -2.17. The molecule has 2 aromatic rings. The Kier molecular flexibility index (Phi) is 4.07. The minimum Gasteiger partial charge on any atom is -0.318 e. The van der Waals surface area contributed by atoms with Gasteiger partial charge in [-0.05, 0) is 25.7 Å². The molecule has 0 aliphatic carbocycles. The van der Waals surface area contributed by atoms with Gasteiger partial charge < -0.3 is 10.2 Å². The third kappa shape index (κ3) is 3.02. The number of hydrogen-bond acceptors (Lipinski definition) is 3. The van der Waals surface area contributed by atoms with E-state index in [2.05, 4.69) is 46.5 Å². The van der Waals surface area contributed by atoms with E-state index in [9.17, 15) is 0 Å². The van der Waals surface area contributed by atoms with E-state index in [1.807, 2.05) is 19.3 Å². The van der Waals surface area contributed by atoms with Crippen LogP contribution in [0.1, 0.15) is 5.56 Å². The Morgan fingerprint density at radius 1 is 1.24 bits per heavy atom. The molecule has 0 bridgehead atoms. The predicted molar refractivity (Wildman–Crippen MR) is 72.0 cm³/mol. The lowest BCUT2D eigenvalue weighted by Crippen LogP contribution is -2.27. The molecule has 0 aliphatic heterocycles. The summed E-state index contributed by atoms with van der Waals surface area (Å²) in [4.78, 5) is 6.78. The van der Waals surface area contributed by atoms with Gasteiger partial charge in [-0.1, -0.05) is 24.3 Å². The fraction of sp³-hybridized carbons (Fsp3) is 0.357. The van der Waals surface area contributed by atoms with E-state index >= 15 is 0 Å². The summed E-state index contributed by atoms with van der Waals surface area (Å²) in [6, 6.07) is 10.5. The van der Waals surface area contributed by atoms with E-state index in [1.165, 1.54) is 10.9 Å². The van der Waals surface area contributed by atoms with Gasteiger partial charge in [0.2, 0.25) is 0 Å². The highest BCUT2D eigenvalue weighted by Crippen LogP contribution is 2.16. The second-order valence-electron chi connectivity index (χ2n) is 4.33. The molecule has 3 nitrogen and oxygen atoms in total. The van der Waals surface area contributed by atoms with Crippen molar-refractivity contribution in [3.8, 4) is 0 Å². The molecule has 3 heteroatoms. The summed E-state index contributed by atoms with van der Waals surface area (Å²) in [6.07, 6.45) is 1.86. The number of nitrogens with zero attached hydrogens (tertiary/aromatic N) is 2. The number of pyridine rings is 1. The Morgan fingerprint density at radius 3 is 2.88 bits per heavy atom. The van der Waals surface area contributed by atoms with E-state index in [4.69, 9.17) is 0 Å². The van der Waals surface area contributed by atoms with Gasteiger partial charge in [0, 0.05) is 31.2 Å². The second-order valence-corrected chi connectivity index (χ2v) is 4.33. The fourth-order valence-corrected chi connectivity index (χ4v) is 1.97. The van der Waals surface area contributed by atoms with Gasteiger partial charge >= 0.3 is 0 Å². The van der Waals surface area contributed by atoms with Crippen LogP contribution in [0.3, 0.4) is 0 Å². The first-order chi connectivity index (χ1) is 8.31. The van der Waals surface area contributed by atoms with Crippen molar-refractivity contribution in [2.45, 2.75) is 6.54 Å². The van der Waals surface area contributed by atoms with Crippen molar-refractivity contribution >= 4 is 10.9 Å². The molecule has 1 N–H and O–H groups in total. The molecule has 17 heavy (non-hydrogen) atoms. The van der Waals surface area contributed by atoms with E-state index in [0.29, 0.717) is 0 Å². The average molecular weight is 229 g/mol. The van der Waals surface area contributed by atoms with Gasteiger partial charge in [-0.25, -0.2) is 0 Å². The smallest absolute Gasteiger partial charge is 0.0746 e. The minimum atomic E-state index is 0.941. The molecule has 0 radical (unpaired) electrons. The van der Waals surface area contributed by atoms with Crippen molar-refractivity contribution in [2.24, 2.45) is 0 Å². The standard InChI is InChI=1S/C14H19N3/c1-15-9-10-17(2)11-13-6-3-5-12-7-4-8-16-14(12)13/h3-8,15H,9-11H2,1-2H3. The van der Waals surface area contributed by atoms with Crippen molar-refractivity contribution in [1.29, 1.82) is 0 Å². The molecular formula is C14H19N3. The molecule has 0 atom stereocenters. The number of nitrogens with one attached hydrogen (secondary N) is 1. The number of para-hydroxylation sites is 1. The van der Waals surface area contributed by atoms with Gasteiger partial charge in [-0.2, -0.15) is 0 Å². The summed E-state index contributed by atoms with van der Waals surface area (Å²) in [7, 11) is 4.12. The quantitative estimate of drug-likeness (QED) is 0.848. The molecule has 0 amide bonds. The zero-order chi connectivity index (χ0) is 12.1. The van der Waals surface area contributed by atoms with Crippen molar-refractivity contribution in [2.75, 3.05) is 27.2 Å². The van der Waals surface area contributed by atoms with Crippen molar-refractivity contribution in [3.63, 3.8) is 0 Å². The summed E-state index contributed by atoms with van der Waals surface area (Å²) in [5.41, 5.74) is 2.41. The Bertz CT molecular complexity index is 476. The monoisotopic (exact) mass is 229 g/mol. The Balaban J connectivity index is 2.18. The minimum absolute atomic E-state index is 0.941. The van der Waals surface area contributed by atoms with Crippen molar-refractivity contribution in [1.82, 2.24) is 15.2 Å². The number of aromatic nitrogens is 1. The van der Waals surface area contributed by atoms with Crippen molar-refractivity contribution in [3.05, 3.63) is 42.1 Å². The molecule has 1 aromatic heterocycles. The fourth-order valence-electron chi connectivity index (χ4n) is 1.97. The van der Waals surface area contributed by atoms with Crippen LogP contribution in [0.4, 0.5) is 0 Å². The number of hydrogen-bond donors (Lipinski definition) is 1. The second kappa shape index (κ2) is 5.75. The van der Waals surface area contributed by atoms with Crippen LogP contribution in [0.2, 0.25) is 0 Å². The molecule has 0 aliphatic rings. The highest BCUT2D eigenvalue weighted by Gasteiger charge is 2.04. The lowest BCUT2D eigenvalue weighted by molar-refractivity contribution is 0.329. The normalized spacial score (nSPS) is 11.2. The van der Waals surface area contributed by atoms with Crippen LogP contribution in [0.5, 0.6) is 0 Å². The zero-order valence-corrected chi connectivity index (χ0v) is 10.5. The first-order valence-corrected chi connectivity index (χ1v) is 5.97. The van der Waals surface area contributed by atoms with Crippen LogP contribution in [0.15, 0.2) is 36.5 Å². The SMILES string of the molecule is CNCCN(C)Cc1cccc2cccnc12. The largest absolute Gasteiger partial charge is 0.318 e. The van der Waals surface area contributed by atoms with Crippen LogP contribution < -0.4 is 5.32 Å². The van der Waals surface area contributed by atoms with Gasteiger partial charge in [0.1, 0.15) is 0 Å². The van der Waals surface area contributed by atoms with Crippen LogP contribution >= 0.6 is 0 Å². The third-order valence-corrected chi connectivity index (χ3v) is 2.90. The van der Waals surface area contributed by atoms with E-state index in [-0.39, 0.29) is 0 Å². The number of benzene rings is 1. The van der Waals surface area contributed by atoms with Crippen LogP contribution in [0.25, 0.3) is 10.9 Å². The molecule has 90 valence electrons. The van der Waals surface area contributed by atoms with Crippen LogP contribution in [0, 0.1) is 0 Å². The molecule has 0 unspecified atom stereocenters. The molecule has 0 spiro atoms. The van der Waals surface area contributed by atoms with Crippen molar-refractivity contribution < 1.29 is 0 Å². The lowest BCUT2D eigenvalue weighted by atomic mass is 10.1. The molecule has 1 heterocycles. The first kappa shape index (κ1) is 12.0. The Hall–Kier alpha value is -1.45. The summed E-state index contributed by atoms with van der Waals surface area (Å²) in [5.74, 6) is 0. The zero-order valence-electron chi connectivity index (χ0n) is 10.5. The van der Waals surface area contributed by atoms with Gasteiger partial charge in [0.15, 0.2) is 0 Å². The molecule has 1 aromatic carbocycles. The van der Waals surface area contributed by atoms with E-state index in [0.717, 1.165) is 25.2 Å². The number of rotatable bonds is 5. The number of fused-ring (bicyclic) bond motifs is 1. The van der Waals surface area contributed by atoms with Gasteiger partial charge in [-0.15, -0.1) is 0 Å². The maximum absolute atomic E-state index is 4.47. The van der Waals surface area contributed by atoms with Gasteiger partial charge in [0.25, 0.3) is 0 Å². The van der Waals surface area contributed by atoms with Crippen LogP contribution in [-0.2, 0) is 6.54 Å². The molecule has 0 saturated heterocycles. The maximum atomic E-state index is 4.47. The molecule has 0 fully saturated rings. The molecule has 0 saturated carbocycles. The highest BCUT2D eigenvalue weighted by molar-refractivity contribution is 5.81. The summed E-state index contributed by atoms with van der Waals surface area (Å²) < 4.78 is 0. The first-order valence-electron chi connectivity index (χ1n) is 5.97. The topological polar surface area (TPSA) is 28.2 Å². The van der Waals surface area contributed by atoms with E-state index in [1.54, 1.807) is 0 Å².